The molecule has 0 saturated carbocycles. The number of phenolic OH excluding ortho intramolecular Hbond substituents is 3. The van der Waals surface area contributed by atoms with Crippen LogP contribution >= 0.6 is 8.60 Å². The number of hydrogen-bond acceptors (Lipinski definition) is 6. The van der Waals surface area contributed by atoms with Crippen molar-refractivity contribution < 1.29 is 30.0 Å². The summed E-state index contributed by atoms with van der Waals surface area (Å²) in [4.78, 5) is 21.7. The van der Waals surface area contributed by atoms with Gasteiger partial charge in [-0.3, -0.25) is 0 Å². The summed E-state index contributed by atoms with van der Waals surface area (Å²) < 4.78 is 0. The van der Waals surface area contributed by atoms with E-state index in [0.717, 1.165) is 11.1 Å². The molecule has 0 aromatic heterocycles. The van der Waals surface area contributed by atoms with Crippen LogP contribution in [0.25, 0.3) is 0 Å². The van der Waals surface area contributed by atoms with Crippen molar-refractivity contribution in [3.05, 3.63) is 53.1 Å². The third-order valence-electron chi connectivity index (χ3n) is 3.75. The van der Waals surface area contributed by atoms with Crippen LogP contribution in [0, 0.1) is 6.92 Å². The second kappa shape index (κ2) is 10.6. The normalized spacial score (nSPS) is 11.2. The Labute approximate surface area is 168 Å². The fourth-order valence-electron chi connectivity index (χ4n) is 2.39. The molecule has 0 fully saturated rings. The standard InChI is InChI=1S/C15H24O.C6H6O2.H3O3P/c1-10-8-11(14(2,3)4)13(16)12(9-10)15(5,6)7;7-5-3-1-2-4-6(5)8;1-4(2)3/h8-9,16H,1-7H3;1-4,7-8H;1-3H. The second-order valence-electron chi connectivity index (χ2n) is 8.47. The maximum Gasteiger partial charge on any atom is 0.324 e. The smallest absolute Gasteiger partial charge is 0.324 e. The first-order chi connectivity index (χ1) is 12.6. The van der Waals surface area contributed by atoms with Crippen molar-refractivity contribution >= 4 is 8.60 Å². The zero-order chi connectivity index (χ0) is 22.3. The van der Waals surface area contributed by atoms with Crippen molar-refractivity contribution in [2.45, 2.75) is 59.3 Å². The minimum Gasteiger partial charge on any atom is -0.507 e. The molecule has 0 aliphatic heterocycles. The highest BCUT2D eigenvalue weighted by molar-refractivity contribution is 7.38. The summed E-state index contributed by atoms with van der Waals surface area (Å²) in [6.45, 7) is 14.9. The first-order valence-electron chi connectivity index (χ1n) is 8.75. The lowest BCUT2D eigenvalue weighted by atomic mass is 9.78. The largest absolute Gasteiger partial charge is 0.507 e. The highest BCUT2D eigenvalue weighted by atomic mass is 31.2. The van der Waals surface area contributed by atoms with Crippen molar-refractivity contribution in [2.24, 2.45) is 0 Å². The van der Waals surface area contributed by atoms with Crippen LogP contribution in [0.3, 0.4) is 0 Å². The van der Waals surface area contributed by atoms with Gasteiger partial charge >= 0.3 is 8.60 Å². The van der Waals surface area contributed by atoms with Gasteiger partial charge in [-0.1, -0.05) is 71.4 Å². The molecule has 2 aromatic carbocycles. The number of aromatic hydroxyl groups is 3. The maximum atomic E-state index is 10.4. The van der Waals surface area contributed by atoms with E-state index in [1.165, 1.54) is 17.7 Å². The number of rotatable bonds is 0. The van der Waals surface area contributed by atoms with Gasteiger partial charge in [0.1, 0.15) is 5.75 Å². The van der Waals surface area contributed by atoms with Crippen LogP contribution in [0.5, 0.6) is 17.2 Å². The summed E-state index contributed by atoms with van der Waals surface area (Å²) in [5.74, 6) is 0.311. The van der Waals surface area contributed by atoms with Crippen molar-refractivity contribution in [2.75, 3.05) is 0 Å². The van der Waals surface area contributed by atoms with E-state index < -0.39 is 8.60 Å². The molecule has 0 atom stereocenters. The average Bonchev–Trinajstić information content (AvgIpc) is 2.50. The van der Waals surface area contributed by atoms with Gasteiger partial charge in [0.2, 0.25) is 0 Å². The molecule has 2 rings (SSSR count). The van der Waals surface area contributed by atoms with E-state index in [9.17, 15) is 5.11 Å². The van der Waals surface area contributed by atoms with Crippen molar-refractivity contribution in [3.8, 4) is 17.2 Å². The third-order valence-corrected chi connectivity index (χ3v) is 3.75. The van der Waals surface area contributed by atoms with Crippen molar-refractivity contribution in [1.82, 2.24) is 0 Å². The van der Waals surface area contributed by atoms with Gasteiger partial charge in [-0.25, -0.2) is 0 Å². The summed E-state index contributed by atoms with van der Waals surface area (Å²) in [7, 11) is -2.62. The van der Waals surface area contributed by atoms with Crippen molar-refractivity contribution in [1.29, 1.82) is 0 Å². The molecule has 7 heteroatoms. The summed E-state index contributed by atoms with van der Waals surface area (Å²) in [5.41, 5.74) is 3.26. The number of aryl methyl sites for hydroxylation is 1. The Morgan fingerprint density at radius 2 is 0.964 bits per heavy atom. The van der Waals surface area contributed by atoms with E-state index in [4.69, 9.17) is 24.9 Å². The monoisotopic (exact) mass is 412 g/mol. The Hall–Kier alpha value is -1.85. The van der Waals surface area contributed by atoms with Gasteiger partial charge in [-0.15, -0.1) is 0 Å². The first kappa shape index (κ1) is 26.1. The number of benzene rings is 2. The Morgan fingerprint density at radius 1 is 0.679 bits per heavy atom. The molecule has 0 spiro atoms. The first-order valence-corrected chi connectivity index (χ1v) is 9.95. The molecule has 28 heavy (non-hydrogen) atoms. The minimum absolute atomic E-state index is 0.0178. The molecular weight excluding hydrogens is 379 g/mol. The average molecular weight is 412 g/mol. The van der Waals surface area contributed by atoms with Gasteiger partial charge in [0, 0.05) is 0 Å². The fraction of sp³-hybridized carbons (Fsp3) is 0.429. The topological polar surface area (TPSA) is 121 Å². The van der Waals surface area contributed by atoms with Crippen LogP contribution in [0.15, 0.2) is 36.4 Å². The SMILES string of the molecule is Cc1cc(C(C)(C)C)c(O)c(C(C)(C)C)c1.OP(O)O.Oc1ccccc1O. The van der Waals surface area contributed by atoms with Crippen LogP contribution in [0.4, 0.5) is 0 Å². The van der Waals surface area contributed by atoms with Crippen molar-refractivity contribution in [3.63, 3.8) is 0 Å². The minimum atomic E-state index is -2.62. The summed E-state index contributed by atoms with van der Waals surface area (Å²) in [6.07, 6.45) is 0. The van der Waals surface area contributed by atoms with Crippen LogP contribution in [-0.4, -0.2) is 30.0 Å². The highest BCUT2D eigenvalue weighted by Crippen LogP contribution is 2.39. The zero-order valence-corrected chi connectivity index (χ0v) is 18.5. The molecule has 0 saturated heterocycles. The van der Waals surface area contributed by atoms with Crippen LogP contribution in [0.1, 0.15) is 58.2 Å². The fourth-order valence-corrected chi connectivity index (χ4v) is 2.39. The number of hydrogen-bond donors (Lipinski definition) is 6. The highest BCUT2D eigenvalue weighted by Gasteiger charge is 2.25. The van der Waals surface area contributed by atoms with Gasteiger partial charge in [-0.2, -0.15) is 0 Å². The summed E-state index contributed by atoms with van der Waals surface area (Å²) in [6, 6.07) is 10.3. The zero-order valence-electron chi connectivity index (χ0n) is 17.6. The Balaban J connectivity index is 0.000000502. The summed E-state index contributed by atoms with van der Waals surface area (Å²) >= 11 is 0. The second-order valence-corrected chi connectivity index (χ2v) is 9.00. The Bertz CT molecular complexity index is 687. The molecule has 0 unspecified atom stereocenters. The molecule has 6 N–H and O–H groups in total. The molecule has 0 heterocycles. The molecule has 0 radical (unpaired) electrons. The van der Waals surface area contributed by atoms with Crippen LogP contribution in [0.2, 0.25) is 0 Å². The lowest BCUT2D eigenvalue weighted by Gasteiger charge is -2.27. The van der Waals surface area contributed by atoms with E-state index >= 15 is 0 Å². The molecule has 0 aliphatic rings. The molecule has 0 amide bonds. The Kier molecular flexibility index (Phi) is 9.93. The lowest BCUT2D eigenvalue weighted by molar-refractivity contribution is 0.368. The molecule has 0 aliphatic carbocycles. The number of phenols is 3. The quantitative estimate of drug-likeness (QED) is 0.278. The van der Waals surface area contributed by atoms with Gasteiger partial charge < -0.3 is 30.0 Å². The van der Waals surface area contributed by atoms with Gasteiger partial charge in [0.25, 0.3) is 0 Å². The third kappa shape index (κ3) is 9.38. The molecule has 6 nitrogen and oxygen atoms in total. The van der Waals surface area contributed by atoms with E-state index in [-0.39, 0.29) is 22.3 Å². The number of para-hydroxylation sites is 2. The van der Waals surface area contributed by atoms with Gasteiger partial charge in [-0.05, 0) is 41.0 Å². The molecule has 158 valence electrons. The van der Waals surface area contributed by atoms with Gasteiger partial charge in [0.15, 0.2) is 11.5 Å². The van der Waals surface area contributed by atoms with Gasteiger partial charge in [0.05, 0.1) is 0 Å². The van der Waals surface area contributed by atoms with E-state index in [1.807, 2.05) is 0 Å². The van der Waals surface area contributed by atoms with Crippen LogP contribution in [-0.2, 0) is 10.8 Å². The maximum absolute atomic E-state index is 10.4. The predicted molar refractivity (Wildman–Crippen MR) is 114 cm³/mol. The molecule has 0 bridgehead atoms. The summed E-state index contributed by atoms with van der Waals surface area (Å²) in [5, 5.41) is 27.7. The Morgan fingerprint density at radius 3 is 1.18 bits per heavy atom. The molecular formula is C21H33O6P. The lowest BCUT2D eigenvalue weighted by Crippen LogP contribution is -2.17. The predicted octanol–water partition coefficient (Wildman–Crippen LogP) is 4.58. The van der Waals surface area contributed by atoms with E-state index in [2.05, 4.69) is 60.6 Å². The van der Waals surface area contributed by atoms with E-state index in [1.54, 1.807) is 12.1 Å². The van der Waals surface area contributed by atoms with Crippen LogP contribution < -0.4 is 0 Å². The van der Waals surface area contributed by atoms with E-state index in [0.29, 0.717) is 5.75 Å². The molecule has 2 aromatic rings.